The van der Waals surface area contributed by atoms with Crippen molar-refractivity contribution in [3.05, 3.63) is 97.9 Å². The van der Waals surface area contributed by atoms with Gasteiger partial charge in [-0.3, -0.25) is 18.7 Å². The number of benzene rings is 3. The van der Waals surface area contributed by atoms with Crippen LogP contribution in [0.15, 0.2) is 70.3 Å². The number of likely N-dealkylation sites (tertiary alicyclic amines) is 1. The molecule has 0 atom stereocenters. The van der Waals surface area contributed by atoms with Crippen LogP contribution in [0.1, 0.15) is 24.4 Å². The van der Waals surface area contributed by atoms with Crippen molar-refractivity contribution in [3.63, 3.8) is 0 Å². The minimum atomic E-state index is -1.54. The number of rotatable bonds is 10. The Morgan fingerprint density at radius 3 is 2.33 bits per heavy atom. The van der Waals surface area contributed by atoms with Crippen LogP contribution in [-0.4, -0.2) is 53.0 Å². The third-order valence-corrected chi connectivity index (χ3v) is 7.40. The number of ether oxygens (including phenoxy) is 2. The fourth-order valence-corrected chi connectivity index (χ4v) is 5.19. The highest BCUT2D eigenvalue weighted by atomic mass is 35.5. The number of amides is 1. The lowest BCUT2D eigenvalue weighted by Gasteiger charge is -2.31. The Morgan fingerprint density at radius 1 is 0.976 bits per heavy atom. The van der Waals surface area contributed by atoms with Gasteiger partial charge in [-0.1, -0.05) is 29.8 Å². The van der Waals surface area contributed by atoms with Crippen LogP contribution >= 0.6 is 11.6 Å². The summed E-state index contributed by atoms with van der Waals surface area (Å²) in [5.74, 6) is -0.397. The third-order valence-electron chi connectivity index (χ3n) is 7.17. The first-order valence-corrected chi connectivity index (χ1v) is 13.7. The number of nitrogens with zero attached hydrogens (tertiary/aromatic N) is 3. The summed E-state index contributed by atoms with van der Waals surface area (Å²) in [7, 11) is 0. The van der Waals surface area contributed by atoms with Gasteiger partial charge in [-0.25, -0.2) is 18.0 Å². The second-order valence-electron chi connectivity index (χ2n) is 9.97. The molecule has 0 radical (unpaired) electrons. The van der Waals surface area contributed by atoms with E-state index in [1.807, 2.05) is 0 Å². The summed E-state index contributed by atoms with van der Waals surface area (Å²) in [5.41, 5.74) is -0.701. The first kappa shape index (κ1) is 29.2. The molecular formula is C30H27ClF3N3O5. The van der Waals surface area contributed by atoms with Crippen LogP contribution in [0.4, 0.5) is 13.2 Å². The van der Waals surface area contributed by atoms with E-state index in [9.17, 15) is 23.2 Å². The molecule has 3 aromatic carbocycles. The van der Waals surface area contributed by atoms with Gasteiger partial charge in [0.15, 0.2) is 17.7 Å². The molecule has 1 saturated heterocycles. The van der Waals surface area contributed by atoms with E-state index in [2.05, 4.69) is 0 Å². The molecular weight excluding hydrogens is 575 g/mol. The van der Waals surface area contributed by atoms with E-state index in [1.165, 1.54) is 4.57 Å². The zero-order chi connectivity index (χ0) is 29.8. The molecule has 1 aliphatic rings. The second kappa shape index (κ2) is 12.7. The summed E-state index contributed by atoms with van der Waals surface area (Å²) in [5, 5.41) is 0.479. The normalized spacial score (nSPS) is 14.0. The highest BCUT2D eigenvalue weighted by Crippen LogP contribution is 2.29. The maximum Gasteiger partial charge on any atom is 0.332 e. The van der Waals surface area contributed by atoms with Crippen molar-refractivity contribution in [1.29, 1.82) is 0 Å². The van der Waals surface area contributed by atoms with Crippen LogP contribution in [0.25, 0.3) is 10.9 Å². The standard InChI is InChI=1S/C30H27ClF3N3O5/c31-20-2-1-3-23(12-20)41-22-6-4-19(5-7-22)17-36-29(39)25-13-28(42-24(15-32)16-33)26(34)14-27(25)37(30(36)40)21-8-10-35(18-38)11-9-21/h1-7,12-14,18,21,24H,8-11,15-17H2. The second-order valence-corrected chi connectivity index (χ2v) is 10.4. The van der Waals surface area contributed by atoms with E-state index < -0.39 is 48.3 Å². The molecule has 0 N–H and O–H groups in total. The third kappa shape index (κ3) is 6.15. The molecule has 1 aromatic heterocycles. The average Bonchev–Trinajstić information content (AvgIpc) is 3.00. The number of carbonyl (C=O) groups is 1. The van der Waals surface area contributed by atoms with E-state index in [0.717, 1.165) is 23.1 Å². The van der Waals surface area contributed by atoms with Gasteiger partial charge < -0.3 is 14.4 Å². The molecule has 0 spiro atoms. The highest BCUT2D eigenvalue weighted by Gasteiger charge is 2.26. The SMILES string of the molecule is O=CN1CCC(n2c(=O)n(Cc3ccc(Oc4cccc(Cl)c4)cc3)c(=O)c3cc(OC(CF)CF)c(F)cc32)CC1. The summed E-state index contributed by atoms with van der Waals surface area (Å²) < 4.78 is 54.7. The van der Waals surface area contributed by atoms with Crippen LogP contribution in [0.2, 0.25) is 5.02 Å². The molecule has 1 amide bonds. The topological polar surface area (TPSA) is 82.8 Å². The number of piperidine rings is 1. The number of alkyl halides is 2. The molecule has 220 valence electrons. The molecule has 1 aliphatic heterocycles. The molecule has 12 heteroatoms. The van der Waals surface area contributed by atoms with Crippen molar-refractivity contribution < 1.29 is 27.4 Å². The van der Waals surface area contributed by atoms with Gasteiger partial charge in [0.1, 0.15) is 24.8 Å². The summed E-state index contributed by atoms with van der Waals surface area (Å²) in [6, 6.07) is 15.3. The monoisotopic (exact) mass is 601 g/mol. The highest BCUT2D eigenvalue weighted by molar-refractivity contribution is 6.30. The predicted octanol–water partition coefficient (Wildman–Crippen LogP) is 5.28. The van der Waals surface area contributed by atoms with Gasteiger partial charge in [0.2, 0.25) is 6.41 Å². The van der Waals surface area contributed by atoms with Crippen molar-refractivity contribution in [2.75, 3.05) is 26.4 Å². The molecule has 2 heterocycles. The number of carbonyl (C=O) groups excluding carboxylic acids is 1. The van der Waals surface area contributed by atoms with Crippen molar-refractivity contribution >= 4 is 28.9 Å². The van der Waals surface area contributed by atoms with Crippen molar-refractivity contribution in [3.8, 4) is 17.2 Å². The van der Waals surface area contributed by atoms with Crippen LogP contribution in [0.5, 0.6) is 17.2 Å². The summed E-state index contributed by atoms with van der Waals surface area (Å²) >= 11 is 6.02. The van der Waals surface area contributed by atoms with Gasteiger partial charge in [0, 0.05) is 30.2 Å². The van der Waals surface area contributed by atoms with Gasteiger partial charge in [0.05, 0.1) is 17.4 Å². The first-order valence-electron chi connectivity index (χ1n) is 13.3. The van der Waals surface area contributed by atoms with Crippen molar-refractivity contribution in [2.45, 2.75) is 31.5 Å². The van der Waals surface area contributed by atoms with Crippen LogP contribution in [-0.2, 0) is 11.3 Å². The fraction of sp³-hybridized carbons (Fsp3) is 0.300. The van der Waals surface area contributed by atoms with E-state index in [4.69, 9.17) is 21.1 Å². The number of hydrogen-bond donors (Lipinski definition) is 0. The van der Waals surface area contributed by atoms with Gasteiger partial charge in [-0.05, 0) is 54.8 Å². The zero-order valence-corrected chi connectivity index (χ0v) is 23.1. The van der Waals surface area contributed by atoms with Crippen LogP contribution in [0.3, 0.4) is 0 Å². The Hall–Kier alpha value is -4.25. The van der Waals surface area contributed by atoms with Crippen LogP contribution in [0, 0.1) is 5.82 Å². The van der Waals surface area contributed by atoms with E-state index in [0.29, 0.717) is 48.0 Å². The lowest BCUT2D eigenvalue weighted by Crippen LogP contribution is -2.44. The van der Waals surface area contributed by atoms with E-state index >= 15 is 4.39 Å². The Bertz CT molecular complexity index is 1700. The molecule has 0 aliphatic carbocycles. The lowest BCUT2D eigenvalue weighted by atomic mass is 10.0. The number of aromatic nitrogens is 2. The quantitative estimate of drug-likeness (QED) is 0.231. The van der Waals surface area contributed by atoms with Gasteiger partial charge >= 0.3 is 5.69 Å². The Morgan fingerprint density at radius 2 is 1.69 bits per heavy atom. The van der Waals surface area contributed by atoms with Crippen molar-refractivity contribution in [2.24, 2.45) is 0 Å². The molecule has 0 bridgehead atoms. The first-order chi connectivity index (χ1) is 20.3. The lowest BCUT2D eigenvalue weighted by molar-refractivity contribution is -0.119. The van der Waals surface area contributed by atoms with E-state index in [-0.39, 0.29) is 17.4 Å². The molecule has 42 heavy (non-hydrogen) atoms. The number of hydrogen-bond acceptors (Lipinski definition) is 5. The minimum absolute atomic E-state index is 0.0398. The van der Waals surface area contributed by atoms with Crippen molar-refractivity contribution in [1.82, 2.24) is 14.0 Å². The predicted molar refractivity (Wildman–Crippen MR) is 152 cm³/mol. The zero-order valence-electron chi connectivity index (χ0n) is 22.4. The summed E-state index contributed by atoms with van der Waals surface area (Å²) in [6.45, 7) is -1.72. The number of halogens is 4. The summed E-state index contributed by atoms with van der Waals surface area (Å²) in [6.07, 6.45) is 0.0124. The largest absolute Gasteiger partial charge is 0.482 e. The maximum atomic E-state index is 15.1. The summed E-state index contributed by atoms with van der Waals surface area (Å²) in [4.78, 5) is 40.3. The van der Waals surface area contributed by atoms with Gasteiger partial charge in [-0.2, -0.15) is 0 Å². The molecule has 0 unspecified atom stereocenters. The molecule has 4 aromatic rings. The Kier molecular flexibility index (Phi) is 8.86. The smallest absolute Gasteiger partial charge is 0.332 e. The van der Waals surface area contributed by atoms with E-state index in [1.54, 1.807) is 53.4 Å². The molecule has 5 rings (SSSR count). The number of fused-ring (bicyclic) bond motifs is 1. The Labute approximate surface area is 243 Å². The van der Waals surface area contributed by atoms with Gasteiger partial charge in [-0.15, -0.1) is 0 Å². The average molecular weight is 602 g/mol. The van der Waals surface area contributed by atoms with Crippen LogP contribution < -0.4 is 20.7 Å². The van der Waals surface area contributed by atoms with Gasteiger partial charge in [0.25, 0.3) is 5.56 Å². The maximum absolute atomic E-state index is 15.1. The minimum Gasteiger partial charge on any atom is -0.482 e. The molecule has 8 nitrogen and oxygen atoms in total. The molecule has 1 fully saturated rings. The fourth-order valence-electron chi connectivity index (χ4n) is 5.01. The molecule has 0 saturated carbocycles. The Balaban J connectivity index is 1.55.